The van der Waals surface area contributed by atoms with E-state index in [2.05, 4.69) is 50.0 Å². The maximum Gasteiger partial charge on any atom is 0.170 e. The highest BCUT2D eigenvalue weighted by Crippen LogP contribution is 2.41. The van der Waals surface area contributed by atoms with E-state index >= 15 is 0 Å². The molecule has 30 heavy (non-hydrogen) atoms. The Balaban J connectivity index is 1.62. The highest BCUT2D eigenvalue weighted by molar-refractivity contribution is 7.80. The molecule has 1 aliphatic heterocycles. The van der Waals surface area contributed by atoms with Crippen molar-refractivity contribution in [2.75, 3.05) is 0 Å². The third-order valence-electron chi connectivity index (χ3n) is 5.49. The average molecular weight is 420 g/mol. The van der Waals surface area contributed by atoms with Gasteiger partial charge in [-0.15, -0.1) is 10.2 Å². The van der Waals surface area contributed by atoms with Gasteiger partial charge >= 0.3 is 0 Å². The number of aromatic nitrogens is 5. The molecule has 0 amide bonds. The molecular formula is C21H21N7OS. The van der Waals surface area contributed by atoms with Crippen LogP contribution in [-0.2, 0) is 6.54 Å². The number of furan rings is 1. The number of thiocarbonyl (C=S) groups is 1. The first-order valence-corrected chi connectivity index (χ1v) is 10.1. The lowest BCUT2D eigenvalue weighted by molar-refractivity contribution is 0.286. The van der Waals surface area contributed by atoms with Gasteiger partial charge in [0.1, 0.15) is 18.4 Å². The second kappa shape index (κ2) is 7.42. The van der Waals surface area contributed by atoms with Gasteiger partial charge in [-0.1, -0.05) is 6.07 Å². The largest absolute Gasteiger partial charge is 0.467 e. The molecule has 1 aliphatic rings. The number of nitrogens with one attached hydrogen (secondary N) is 1. The number of rotatable bonds is 5. The van der Waals surface area contributed by atoms with Crippen LogP contribution in [-0.4, -0.2) is 34.5 Å². The Morgan fingerprint density at radius 2 is 1.97 bits per heavy atom. The number of hydrogen-bond donors (Lipinski definition) is 1. The first-order valence-electron chi connectivity index (χ1n) is 9.68. The van der Waals surface area contributed by atoms with Crippen LogP contribution in [0.2, 0.25) is 0 Å². The minimum absolute atomic E-state index is 0.0473. The minimum Gasteiger partial charge on any atom is -0.467 e. The van der Waals surface area contributed by atoms with Crippen LogP contribution >= 0.6 is 12.2 Å². The number of pyridine rings is 1. The summed E-state index contributed by atoms with van der Waals surface area (Å²) in [6.07, 6.45) is 6.88. The van der Waals surface area contributed by atoms with Gasteiger partial charge in [0.05, 0.1) is 30.6 Å². The molecule has 1 N–H and O–H groups in total. The summed E-state index contributed by atoms with van der Waals surface area (Å²) in [5.41, 5.74) is 4.28. The van der Waals surface area contributed by atoms with E-state index in [4.69, 9.17) is 16.6 Å². The Kier molecular flexibility index (Phi) is 4.59. The molecule has 152 valence electrons. The van der Waals surface area contributed by atoms with E-state index in [1.165, 1.54) is 0 Å². The Bertz CT molecular complexity index is 1150. The van der Waals surface area contributed by atoms with Gasteiger partial charge in [-0.3, -0.25) is 9.66 Å². The smallest absolute Gasteiger partial charge is 0.170 e. The monoisotopic (exact) mass is 419 g/mol. The molecular weight excluding hydrogens is 398 g/mol. The molecule has 5 rings (SSSR count). The van der Waals surface area contributed by atoms with Gasteiger partial charge in [-0.2, -0.15) is 0 Å². The maximum atomic E-state index is 5.74. The van der Waals surface area contributed by atoms with Gasteiger partial charge in [0.25, 0.3) is 0 Å². The number of hydrogen-bond acceptors (Lipinski definition) is 5. The lowest BCUT2D eigenvalue weighted by Gasteiger charge is -2.27. The highest BCUT2D eigenvalue weighted by atomic mass is 32.1. The molecule has 5 heterocycles. The predicted octanol–water partition coefficient (Wildman–Crippen LogP) is 3.17. The van der Waals surface area contributed by atoms with Crippen molar-refractivity contribution in [3.8, 4) is 0 Å². The molecule has 0 spiro atoms. The van der Waals surface area contributed by atoms with E-state index < -0.39 is 0 Å². The molecule has 4 aromatic heterocycles. The summed E-state index contributed by atoms with van der Waals surface area (Å²) in [5, 5.41) is 12.1. The van der Waals surface area contributed by atoms with Crippen LogP contribution in [0.15, 0.2) is 65.9 Å². The Hall–Kier alpha value is -3.46. The fourth-order valence-corrected chi connectivity index (χ4v) is 4.52. The number of nitrogens with zero attached hydrogens (tertiary/aromatic N) is 6. The van der Waals surface area contributed by atoms with Crippen molar-refractivity contribution in [2.24, 2.45) is 0 Å². The third kappa shape index (κ3) is 3.07. The van der Waals surface area contributed by atoms with Crippen LogP contribution in [0.3, 0.4) is 0 Å². The zero-order valence-corrected chi connectivity index (χ0v) is 17.5. The summed E-state index contributed by atoms with van der Waals surface area (Å²) in [4.78, 5) is 6.78. The molecule has 4 aromatic rings. The van der Waals surface area contributed by atoms with Crippen LogP contribution in [0.1, 0.15) is 40.5 Å². The molecule has 0 radical (unpaired) electrons. The van der Waals surface area contributed by atoms with Gasteiger partial charge in [0.2, 0.25) is 0 Å². The van der Waals surface area contributed by atoms with E-state index in [9.17, 15) is 0 Å². The third-order valence-corrected chi connectivity index (χ3v) is 5.85. The molecule has 9 heteroatoms. The van der Waals surface area contributed by atoms with Crippen LogP contribution in [0.4, 0.5) is 0 Å². The van der Waals surface area contributed by atoms with Crippen LogP contribution < -0.4 is 5.32 Å². The van der Waals surface area contributed by atoms with Crippen LogP contribution in [0, 0.1) is 13.8 Å². The predicted molar refractivity (Wildman–Crippen MR) is 114 cm³/mol. The SMILES string of the molecule is Cc1cc([C@@H]2[C@H](c3ccccn3)NC(=S)N2Cc2ccco2)c(C)n1-n1cnnc1. The first-order chi connectivity index (χ1) is 14.6. The molecule has 0 aromatic carbocycles. The average Bonchev–Trinajstić information content (AvgIpc) is 3.53. The van der Waals surface area contributed by atoms with E-state index in [1.807, 2.05) is 41.2 Å². The molecule has 0 bridgehead atoms. The van der Waals surface area contributed by atoms with E-state index in [1.54, 1.807) is 18.9 Å². The van der Waals surface area contributed by atoms with E-state index in [0.29, 0.717) is 11.7 Å². The van der Waals surface area contributed by atoms with Crippen LogP contribution in [0.25, 0.3) is 0 Å². The Morgan fingerprint density at radius 1 is 1.13 bits per heavy atom. The van der Waals surface area contributed by atoms with Crippen molar-refractivity contribution < 1.29 is 4.42 Å². The summed E-state index contributed by atoms with van der Waals surface area (Å²) in [6, 6.07) is 11.9. The van der Waals surface area contributed by atoms with Crippen molar-refractivity contribution in [3.63, 3.8) is 0 Å². The fraction of sp³-hybridized carbons (Fsp3) is 0.238. The van der Waals surface area contributed by atoms with Crippen molar-refractivity contribution in [1.82, 2.24) is 34.8 Å². The van der Waals surface area contributed by atoms with Crippen molar-refractivity contribution in [2.45, 2.75) is 32.5 Å². The summed E-state index contributed by atoms with van der Waals surface area (Å²) < 4.78 is 9.59. The summed E-state index contributed by atoms with van der Waals surface area (Å²) in [6.45, 7) is 4.75. The Labute approximate surface area is 179 Å². The second-order valence-electron chi connectivity index (χ2n) is 7.31. The molecule has 0 saturated carbocycles. The van der Waals surface area contributed by atoms with Crippen molar-refractivity contribution in [3.05, 3.63) is 89.9 Å². The van der Waals surface area contributed by atoms with E-state index in [-0.39, 0.29) is 12.1 Å². The summed E-state index contributed by atoms with van der Waals surface area (Å²) in [7, 11) is 0. The molecule has 0 unspecified atom stereocenters. The quantitative estimate of drug-likeness (QED) is 0.498. The Morgan fingerprint density at radius 3 is 2.67 bits per heavy atom. The minimum atomic E-state index is -0.0801. The van der Waals surface area contributed by atoms with Crippen LogP contribution in [0.5, 0.6) is 0 Å². The standard InChI is InChI=1S/C21H21N7OS/c1-14-10-17(15(2)28(14)26-12-23-24-13-26)20-19(18-7-3-4-8-22-18)25-21(30)27(20)11-16-6-5-9-29-16/h3-10,12-13,19-20H,11H2,1-2H3,(H,25,30)/t19-,20+/m0/s1. The van der Waals surface area contributed by atoms with Crippen molar-refractivity contribution >= 4 is 17.3 Å². The first kappa shape index (κ1) is 18.6. The molecule has 2 atom stereocenters. The van der Waals surface area contributed by atoms with Gasteiger partial charge < -0.3 is 14.6 Å². The van der Waals surface area contributed by atoms with Crippen molar-refractivity contribution in [1.29, 1.82) is 0 Å². The zero-order valence-electron chi connectivity index (χ0n) is 16.6. The highest BCUT2D eigenvalue weighted by Gasteiger charge is 2.41. The van der Waals surface area contributed by atoms with E-state index in [0.717, 1.165) is 28.4 Å². The molecule has 1 fully saturated rings. The maximum absolute atomic E-state index is 5.74. The second-order valence-corrected chi connectivity index (χ2v) is 7.70. The summed E-state index contributed by atoms with van der Waals surface area (Å²) in [5.74, 6) is 0.860. The number of aryl methyl sites for hydroxylation is 1. The fourth-order valence-electron chi connectivity index (χ4n) is 4.22. The molecule has 1 saturated heterocycles. The van der Waals surface area contributed by atoms with Gasteiger partial charge in [0.15, 0.2) is 5.11 Å². The van der Waals surface area contributed by atoms with Gasteiger partial charge in [0, 0.05) is 23.1 Å². The van der Waals surface area contributed by atoms with Gasteiger partial charge in [-0.25, -0.2) is 4.68 Å². The topological polar surface area (TPSA) is 76.9 Å². The lowest BCUT2D eigenvalue weighted by atomic mass is 9.96. The normalized spacial score (nSPS) is 18.7. The summed E-state index contributed by atoms with van der Waals surface area (Å²) >= 11 is 5.74. The van der Waals surface area contributed by atoms with Gasteiger partial charge in [-0.05, 0) is 56.4 Å². The molecule has 0 aliphatic carbocycles. The zero-order chi connectivity index (χ0) is 20.7. The molecule has 8 nitrogen and oxygen atoms in total. The lowest BCUT2D eigenvalue weighted by Crippen LogP contribution is -2.29.